The van der Waals surface area contributed by atoms with Crippen LogP contribution in [0.2, 0.25) is 10.0 Å². The molecule has 2 heterocycles. The van der Waals surface area contributed by atoms with E-state index in [1.807, 2.05) is 29.8 Å². The zero-order valence-corrected chi connectivity index (χ0v) is 27.6. The predicted molar refractivity (Wildman–Crippen MR) is 174 cm³/mol. The Labute approximate surface area is 273 Å². The van der Waals surface area contributed by atoms with Crippen molar-refractivity contribution in [2.75, 3.05) is 25.6 Å². The monoisotopic (exact) mass is 741 g/mol. The van der Waals surface area contributed by atoms with Gasteiger partial charge in [-0.3, -0.25) is 14.4 Å². The van der Waals surface area contributed by atoms with E-state index in [0.717, 1.165) is 14.5 Å². The van der Waals surface area contributed by atoms with Crippen LogP contribution in [0.25, 0.3) is 10.9 Å². The first-order valence-electron chi connectivity index (χ1n) is 14.2. The number of aromatic nitrogens is 1. The summed E-state index contributed by atoms with van der Waals surface area (Å²) in [6, 6.07) is 8.97. The molecular weight excluding hydrogens is 708 g/mol. The third kappa shape index (κ3) is 7.30. The van der Waals surface area contributed by atoms with Crippen LogP contribution in [0.15, 0.2) is 36.5 Å². The van der Waals surface area contributed by atoms with Gasteiger partial charge in [-0.1, -0.05) is 23.2 Å². The second-order valence-electron chi connectivity index (χ2n) is 11.3. The number of hydrogen-bond acceptors (Lipinski definition) is 5. The first-order chi connectivity index (χ1) is 20.5. The summed E-state index contributed by atoms with van der Waals surface area (Å²) in [5, 5.41) is 13.6. The lowest BCUT2D eigenvalue weighted by Crippen LogP contribution is -2.40. The Kier molecular flexibility index (Phi) is 10.2. The van der Waals surface area contributed by atoms with E-state index >= 15 is 0 Å². The lowest BCUT2D eigenvalue weighted by Gasteiger charge is -2.30. The number of ether oxygens (including phenoxy) is 2. The highest BCUT2D eigenvalue weighted by Gasteiger charge is 2.36. The van der Waals surface area contributed by atoms with Crippen molar-refractivity contribution in [1.82, 2.24) is 9.47 Å². The maximum Gasteiger partial charge on any atom is 0.306 e. The number of nitrogens with zero attached hydrogens (tertiary/aromatic N) is 2. The molecule has 1 aliphatic carbocycles. The van der Waals surface area contributed by atoms with Crippen molar-refractivity contribution in [3.05, 3.63) is 61.3 Å². The Morgan fingerprint density at radius 1 is 1.07 bits per heavy atom. The Morgan fingerprint density at radius 3 is 2.51 bits per heavy atom. The number of anilines is 1. The molecule has 0 spiro atoms. The molecule has 2 atom stereocenters. The van der Waals surface area contributed by atoms with E-state index in [1.54, 1.807) is 30.3 Å². The number of fused-ring (bicyclic) bond motifs is 1. The minimum atomic E-state index is -0.747. The molecule has 1 saturated carbocycles. The lowest BCUT2D eigenvalue weighted by atomic mass is 9.87. The molecule has 5 rings (SSSR count). The zero-order valence-electron chi connectivity index (χ0n) is 23.9. The molecule has 2 aliphatic rings. The van der Waals surface area contributed by atoms with E-state index in [1.165, 1.54) is 0 Å². The summed E-state index contributed by atoms with van der Waals surface area (Å²) in [7, 11) is 3.52. The molecule has 230 valence electrons. The number of aryl methyl sites for hydroxylation is 1. The number of carbonyl (C=O) groups excluding carboxylic acids is 2. The van der Waals surface area contributed by atoms with Crippen molar-refractivity contribution in [1.29, 1.82) is 0 Å². The average molecular weight is 742 g/mol. The standard InChI is InChI=1S/C31H34Cl2IN3O6/c1-36-15-24(23-11-19(34)5-8-28(23)36)30(39)35-27-13-25(32)18(9-26(27)33)10-29(38)37-14-22(42-2)12-20(37)16-43-21-6-3-17(4-7-21)31(40)41/h5,8-9,11,13,15,17,20-22H,3-4,6-7,10,12,14,16H2,1-2H3,(H,35,39)(H,40,41)/t17-,20-,21-,22-/m0/s1. The van der Waals surface area contributed by atoms with Gasteiger partial charge >= 0.3 is 5.97 Å². The summed E-state index contributed by atoms with van der Waals surface area (Å²) >= 11 is 15.4. The molecule has 2 amide bonds. The number of benzene rings is 2. The second-order valence-corrected chi connectivity index (χ2v) is 13.4. The molecule has 9 nitrogen and oxygen atoms in total. The number of aliphatic carboxylic acids is 1. The van der Waals surface area contributed by atoms with Gasteiger partial charge in [-0.2, -0.15) is 0 Å². The van der Waals surface area contributed by atoms with E-state index in [4.69, 9.17) is 32.7 Å². The van der Waals surface area contributed by atoms with Crippen molar-refractivity contribution < 1.29 is 29.0 Å². The fourth-order valence-electron chi connectivity index (χ4n) is 6.05. The number of carboxylic acids is 1. The maximum atomic E-state index is 13.5. The third-order valence-corrected chi connectivity index (χ3v) is 9.84. The normalized spacial score (nSPS) is 22.2. The molecule has 0 unspecified atom stereocenters. The third-order valence-electron chi connectivity index (χ3n) is 8.50. The second kappa shape index (κ2) is 13.7. The molecule has 12 heteroatoms. The molecule has 0 bridgehead atoms. The molecular formula is C31H34Cl2IN3O6. The summed E-state index contributed by atoms with van der Waals surface area (Å²) in [5.74, 6) is -1.48. The number of hydrogen-bond donors (Lipinski definition) is 2. The van der Waals surface area contributed by atoms with Gasteiger partial charge in [-0.25, -0.2) is 0 Å². The lowest BCUT2D eigenvalue weighted by molar-refractivity contribution is -0.144. The van der Waals surface area contributed by atoms with Gasteiger partial charge in [0.2, 0.25) is 5.91 Å². The number of carbonyl (C=O) groups is 3. The van der Waals surface area contributed by atoms with Crippen molar-refractivity contribution in [2.24, 2.45) is 13.0 Å². The number of rotatable bonds is 9. The Balaban J connectivity index is 1.24. The van der Waals surface area contributed by atoms with Crippen molar-refractivity contribution in [3.8, 4) is 0 Å². The van der Waals surface area contributed by atoms with Crippen molar-refractivity contribution in [3.63, 3.8) is 0 Å². The molecule has 1 aromatic heterocycles. The summed E-state index contributed by atoms with van der Waals surface area (Å²) in [6.45, 7) is 0.805. The topological polar surface area (TPSA) is 110 Å². The van der Waals surface area contributed by atoms with E-state index in [0.29, 0.717) is 67.1 Å². The van der Waals surface area contributed by atoms with Gasteiger partial charge in [0.15, 0.2) is 0 Å². The van der Waals surface area contributed by atoms with Crippen LogP contribution in [0.4, 0.5) is 5.69 Å². The largest absolute Gasteiger partial charge is 0.481 e. The van der Waals surface area contributed by atoms with Gasteiger partial charge in [-0.15, -0.1) is 0 Å². The van der Waals surface area contributed by atoms with Crippen LogP contribution < -0.4 is 5.32 Å². The van der Waals surface area contributed by atoms with Gasteiger partial charge in [-0.05, 0) is 90.6 Å². The van der Waals surface area contributed by atoms with Crippen LogP contribution in [-0.4, -0.2) is 70.9 Å². The molecule has 2 N–H and O–H groups in total. The van der Waals surface area contributed by atoms with Gasteiger partial charge in [0.05, 0.1) is 53.5 Å². The fraction of sp³-hybridized carbons (Fsp3) is 0.452. The van der Waals surface area contributed by atoms with Gasteiger partial charge < -0.3 is 29.4 Å². The number of nitrogens with one attached hydrogen (secondary N) is 1. The van der Waals surface area contributed by atoms with Gasteiger partial charge in [0.25, 0.3) is 5.91 Å². The smallest absolute Gasteiger partial charge is 0.306 e. The highest BCUT2D eigenvalue weighted by molar-refractivity contribution is 14.1. The Morgan fingerprint density at radius 2 is 1.81 bits per heavy atom. The van der Waals surface area contributed by atoms with Crippen LogP contribution in [0.1, 0.15) is 48.0 Å². The van der Waals surface area contributed by atoms with Crippen LogP contribution in [0.3, 0.4) is 0 Å². The molecule has 0 radical (unpaired) electrons. The minimum Gasteiger partial charge on any atom is -0.481 e. The van der Waals surface area contributed by atoms with E-state index in [2.05, 4.69) is 27.9 Å². The highest BCUT2D eigenvalue weighted by atomic mass is 127. The zero-order chi connectivity index (χ0) is 30.8. The predicted octanol–water partition coefficient (Wildman–Crippen LogP) is 6.16. The van der Waals surface area contributed by atoms with E-state index < -0.39 is 5.97 Å². The van der Waals surface area contributed by atoms with E-state index in [-0.39, 0.29) is 47.4 Å². The Hall–Kier alpha value is -2.38. The number of halogens is 3. The van der Waals surface area contributed by atoms with Crippen molar-refractivity contribution >= 4 is 80.2 Å². The average Bonchev–Trinajstić information content (AvgIpc) is 3.55. The number of methoxy groups -OCH3 is 1. The molecule has 43 heavy (non-hydrogen) atoms. The molecule has 3 aromatic rings. The summed E-state index contributed by atoms with van der Waals surface area (Å²) in [5.41, 5.74) is 2.38. The summed E-state index contributed by atoms with van der Waals surface area (Å²) in [6.07, 6.45) is 4.95. The summed E-state index contributed by atoms with van der Waals surface area (Å²) < 4.78 is 14.6. The molecule has 2 fully saturated rings. The van der Waals surface area contributed by atoms with Gasteiger partial charge in [0.1, 0.15) is 0 Å². The molecule has 1 saturated heterocycles. The van der Waals surface area contributed by atoms with E-state index in [9.17, 15) is 19.5 Å². The number of likely N-dealkylation sites (tertiary alicyclic amines) is 1. The summed E-state index contributed by atoms with van der Waals surface area (Å²) in [4.78, 5) is 39.8. The van der Waals surface area contributed by atoms with Gasteiger partial charge in [0, 0.05) is 46.4 Å². The highest BCUT2D eigenvalue weighted by Crippen LogP contribution is 2.33. The number of carboxylic acid groups (broad SMARTS) is 1. The van der Waals surface area contributed by atoms with Crippen LogP contribution in [0, 0.1) is 9.49 Å². The molecule has 2 aromatic carbocycles. The minimum absolute atomic E-state index is 0.0114. The fourth-order valence-corrected chi connectivity index (χ4v) is 7.01. The Bertz CT molecular complexity index is 1540. The van der Waals surface area contributed by atoms with Crippen LogP contribution in [0.5, 0.6) is 0 Å². The van der Waals surface area contributed by atoms with Crippen molar-refractivity contribution in [2.45, 2.75) is 56.8 Å². The SMILES string of the molecule is CO[C@H]1C[C@@H](CO[C@H]2CC[C@H](C(=O)O)CC2)N(C(=O)Cc2cc(Cl)c(NC(=O)c3cn(C)c4ccc(I)cc34)cc2Cl)C1. The first-order valence-corrected chi connectivity index (χ1v) is 16.1. The number of amides is 2. The van der Waals surface area contributed by atoms with Crippen LogP contribution in [-0.2, 0) is 32.5 Å². The molecule has 1 aliphatic heterocycles. The quantitative estimate of drug-likeness (QED) is 0.255. The first kappa shape index (κ1) is 32.0. The maximum absolute atomic E-state index is 13.5. The van der Waals surface area contributed by atoms with Crippen LogP contribution >= 0.6 is 45.8 Å².